The predicted octanol–water partition coefficient (Wildman–Crippen LogP) is 2.23. The molecule has 27 heavy (non-hydrogen) atoms. The van der Waals surface area contributed by atoms with Crippen molar-refractivity contribution in [2.45, 2.75) is 13.0 Å². The number of carbonyl (C=O) groups is 1. The van der Waals surface area contributed by atoms with Crippen LogP contribution in [0.1, 0.15) is 30.1 Å². The number of hydrogen-bond donors (Lipinski definition) is 2. The van der Waals surface area contributed by atoms with Gasteiger partial charge in [0.05, 0.1) is 5.69 Å². The van der Waals surface area contributed by atoms with E-state index in [9.17, 15) is 4.79 Å². The van der Waals surface area contributed by atoms with Gasteiger partial charge in [-0.2, -0.15) is 0 Å². The van der Waals surface area contributed by atoms with Crippen molar-refractivity contribution in [3.05, 3.63) is 65.6 Å². The quantitative estimate of drug-likeness (QED) is 0.505. The molecule has 0 aliphatic rings. The number of carboxylic acid groups (broad SMARTS) is 1. The molecule has 0 spiro atoms. The highest BCUT2D eigenvalue weighted by atomic mass is 16.6. The Labute approximate surface area is 154 Å². The summed E-state index contributed by atoms with van der Waals surface area (Å²) < 4.78 is 1.50. The molecule has 10 heteroatoms. The molecule has 0 fully saturated rings. The largest absolute Gasteiger partial charge is 0.465 e. The van der Waals surface area contributed by atoms with Crippen molar-refractivity contribution in [2.24, 2.45) is 12.2 Å². The fourth-order valence-electron chi connectivity index (χ4n) is 2.29. The van der Waals surface area contributed by atoms with Gasteiger partial charge in [-0.25, -0.2) is 14.5 Å². The van der Waals surface area contributed by atoms with Crippen LogP contribution in [0.5, 0.6) is 0 Å². The molecule has 0 radical (unpaired) electrons. The molecule has 1 aromatic carbocycles. The smallest absolute Gasteiger partial charge is 0.410 e. The van der Waals surface area contributed by atoms with E-state index >= 15 is 0 Å². The van der Waals surface area contributed by atoms with E-state index < -0.39 is 12.2 Å². The third-order valence-electron chi connectivity index (χ3n) is 3.60. The molecule has 1 amide bonds. The molecule has 0 saturated carbocycles. The van der Waals surface area contributed by atoms with Gasteiger partial charge in [0.15, 0.2) is 11.8 Å². The van der Waals surface area contributed by atoms with Gasteiger partial charge < -0.3 is 9.94 Å². The molecule has 3 aromatic rings. The maximum Gasteiger partial charge on any atom is 0.410 e. The Kier molecular flexibility index (Phi) is 5.36. The second-order valence-electron chi connectivity index (χ2n) is 5.56. The van der Waals surface area contributed by atoms with Crippen LogP contribution in [-0.2, 0) is 11.9 Å². The Morgan fingerprint density at radius 3 is 2.67 bits per heavy atom. The first-order valence-corrected chi connectivity index (χ1v) is 8.03. The highest BCUT2D eigenvalue weighted by molar-refractivity contribution is 6.10. The molecule has 1 unspecified atom stereocenters. The number of hydrogen-bond acceptors (Lipinski definition) is 7. The van der Waals surface area contributed by atoms with Gasteiger partial charge >= 0.3 is 6.09 Å². The molecule has 0 saturated heterocycles. The molecular weight excluding hydrogens is 350 g/mol. The summed E-state index contributed by atoms with van der Waals surface area (Å²) in [5.74, 6) is 0.655. The minimum atomic E-state index is -1.19. The molecule has 0 bridgehead atoms. The summed E-state index contributed by atoms with van der Waals surface area (Å²) >= 11 is 0. The van der Waals surface area contributed by atoms with Gasteiger partial charge in [-0.15, -0.1) is 5.10 Å². The van der Waals surface area contributed by atoms with E-state index in [-0.39, 0.29) is 5.82 Å². The molecule has 2 N–H and O–H groups in total. The van der Waals surface area contributed by atoms with Gasteiger partial charge in [0, 0.05) is 12.6 Å². The Balaban J connectivity index is 1.86. The van der Waals surface area contributed by atoms with Gasteiger partial charge in [0.25, 0.3) is 0 Å². The summed E-state index contributed by atoms with van der Waals surface area (Å²) in [6, 6.07) is 14.3. The van der Waals surface area contributed by atoms with E-state index in [0.29, 0.717) is 17.2 Å². The number of amides is 1. The van der Waals surface area contributed by atoms with Crippen LogP contribution in [0, 0.1) is 0 Å². The zero-order valence-corrected chi connectivity index (χ0v) is 14.6. The lowest BCUT2D eigenvalue weighted by Gasteiger charge is -2.12. The molecule has 2 heterocycles. The molecular formula is C17H17N7O3. The number of rotatable bonds is 6. The Hall–Kier alpha value is -3.82. The fraction of sp³-hybridized carbons (Fsp3) is 0.176. The minimum absolute atomic E-state index is 0.209. The van der Waals surface area contributed by atoms with Crippen molar-refractivity contribution in [3.63, 3.8) is 0 Å². The second kappa shape index (κ2) is 8.04. The van der Waals surface area contributed by atoms with Crippen LogP contribution in [0.3, 0.4) is 0 Å². The summed E-state index contributed by atoms with van der Waals surface area (Å²) in [5.41, 5.74) is 1.78. The zero-order valence-electron chi connectivity index (χ0n) is 14.6. The van der Waals surface area contributed by atoms with Crippen molar-refractivity contribution < 1.29 is 14.7 Å². The number of aryl methyl sites for hydroxylation is 1. The predicted molar refractivity (Wildman–Crippen MR) is 96.3 cm³/mol. The lowest BCUT2D eigenvalue weighted by atomic mass is 10.1. The van der Waals surface area contributed by atoms with E-state index in [2.05, 4.69) is 31.0 Å². The second-order valence-corrected chi connectivity index (χ2v) is 5.56. The lowest BCUT2D eigenvalue weighted by molar-refractivity contribution is 0.0695. The average Bonchev–Trinajstić information content (AvgIpc) is 3.08. The maximum absolute atomic E-state index is 10.8. The van der Waals surface area contributed by atoms with Crippen LogP contribution in [-0.4, -0.2) is 42.1 Å². The standard InChI is InChI=1S/C17H17N7O3/c1-11(13-9-6-10-14(18-13)19-17(25)26)27-21-15(12-7-4-3-5-8-12)16-20-22-23-24(16)2/h3-11H,1-2H3,(H,18,19)(H,25,26)/b21-15-. The number of nitrogens with zero attached hydrogens (tertiary/aromatic N) is 6. The molecule has 0 aliphatic heterocycles. The number of nitrogens with one attached hydrogen (secondary N) is 1. The van der Waals surface area contributed by atoms with Gasteiger partial charge in [-0.1, -0.05) is 41.6 Å². The van der Waals surface area contributed by atoms with Crippen LogP contribution in [0.15, 0.2) is 53.7 Å². The number of oxime groups is 1. The third-order valence-corrected chi connectivity index (χ3v) is 3.60. The SMILES string of the molecule is CC(O/N=C(/c1ccccc1)c1nnnn1C)c1cccc(NC(=O)O)n1. The minimum Gasteiger partial charge on any atom is -0.465 e. The molecule has 138 valence electrons. The Morgan fingerprint density at radius 1 is 1.22 bits per heavy atom. The van der Waals surface area contributed by atoms with Gasteiger partial charge in [-0.05, 0) is 29.5 Å². The first-order valence-electron chi connectivity index (χ1n) is 8.03. The molecule has 0 aliphatic carbocycles. The topological polar surface area (TPSA) is 127 Å². The van der Waals surface area contributed by atoms with E-state index in [1.54, 1.807) is 32.2 Å². The normalized spacial score (nSPS) is 12.4. The summed E-state index contributed by atoms with van der Waals surface area (Å²) in [6.07, 6.45) is -1.71. The van der Waals surface area contributed by atoms with E-state index in [1.165, 1.54) is 4.68 Å². The first kappa shape index (κ1) is 18.0. The van der Waals surface area contributed by atoms with Gasteiger partial charge in [-0.3, -0.25) is 5.32 Å². The molecule has 1 atom stereocenters. The van der Waals surface area contributed by atoms with E-state index in [0.717, 1.165) is 5.56 Å². The van der Waals surface area contributed by atoms with Crippen LogP contribution < -0.4 is 5.32 Å². The fourth-order valence-corrected chi connectivity index (χ4v) is 2.29. The number of pyridine rings is 1. The van der Waals surface area contributed by atoms with Crippen LogP contribution in [0.25, 0.3) is 0 Å². The zero-order chi connectivity index (χ0) is 19.2. The third kappa shape index (κ3) is 4.42. The van der Waals surface area contributed by atoms with Gasteiger partial charge in [0.2, 0.25) is 5.82 Å². The number of tetrazole rings is 1. The number of anilines is 1. The van der Waals surface area contributed by atoms with Gasteiger partial charge in [0.1, 0.15) is 5.82 Å². The average molecular weight is 367 g/mol. The summed E-state index contributed by atoms with van der Waals surface area (Å²) in [5, 5.41) is 26.7. The van der Waals surface area contributed by atoms with Crippen molar-refractivity contribution in [1.82, 2.24) is 25.2 Å². The number of benzene rings is 1. The van der Waals surface area contributed by atoms with Crippen LogP contribution >= 0.6 is 0 Å². The van der Waals surface area contributed by atoms with Crippen molar-refractivity contribution >= 4 is 17.6 Å². The van der Waals surface area contributed by atoms with Crippen molar-refractivity contribution in [2.75, 3.05) is 5.32 Å². The Bertz CT molecular complexity index is 956. The van der Waals surface area contributed by atoms with Crippen molar-refractivity contribution in [3.8, 4) is 0 Å². The summed E-state index contributed by atoms with van der Waals surface area (Å²) in [4.78, 5) is 20.6. The molecule has 3 rings (SSSR count). The van der Waals surface area contributed by atoms with Crippen LogP contribution in [0.4, 0.5) is 10.6 Å². The monoisotopic (exact) mass is 367 g/mol. The number of aromatic nitrogens is 5. The lowest BCUT2D eigenvalue weighted by Crippen LogP contribution is -2.13. The van der Waals surface area contributed by atoms with Crippen molar-refractivity contribution in [1.29, 1.82) is 0 Å². The highest BCUT2D eigenvalue weighted by Crippen LogP contribution is 2.18. The van der Waals surface area contributed by atoms with E-state index in [4.69, 9.17) is 9.94 Å². The summed E-state index contributed by atoms with van der Waals surface area (Å²) in [7, 11) is 1.71. The highest BCUT2D eigenvalue weighted by Gasteiger charge is 2.16. The van der Waals surface area contributed by atoms with E-state index in [1.807, 2.05) is 30.3 Å². The first-order chi connectivity index (χ1) is 13.0. The molecule has 2 aromatic heterocycles. The Morgan fingerprint density at radius 2 is 2.00 bits per heavy atom. The summed E-state index contributed by atoms with van der Waals surface area (Å²) in [6.45, 7) is 1.76. The maximum atomic E-state index is 10.8. The molecule has 10 nitrogen and oxygen atoms in total. The van der Waals surface area contributed by atoms with Crippen LogP contribution in [0.2, 0.25) is 0 Å².